The summed E-state index contributed by atoms with van der Waals surface area (Å²) in [6, 6.07) is 6.55. The van der Waals surface area contributed by atoms with Gasteiger partial charge in [-0.3, -0.25) is 9.48 Å². The van der Waals surface area contributed by atoms with Gasteiger partial charge in [-0.1, -0.05) is 19.9 Å². The van der Waals surface area contributed by atoms with Gasteiger partial charge in [-0.2, -0.15) is 5.10 Å². The Bertz CT molecular complexity index is 1030. The van der Waals surface area contributed by atoms with Crippen LogP contribution in [0.3, 0.4) is 0 Å². The number of pyridine rings is 1. The number of aromatic nitrogens is 3. The average molecular weight is 399 g/mol. The van der Waals surface area contributed by atoms with Crippen LogP contribution in [-0.2, 0) is 7.05 Å². The van der Waals surface area contributed by atoms with E-state index in [0.29, 0.717) is 18.2 Å². The highest BCUT2D eigenvalue weighted by molar-refractivity contribution is 6.00. The summed E-state index contributed by atoms with van der Waals surface area (Å²) < 4.78 is 16.3. The number of fused-ring (bicyclic) bond motifs is 1. The largest absolute Gasteiger partial charge is 0.365 e. The molecule has 0 spiro atoms. The normalized spacial score (nSPS) is 12.3. The molecule has 0 saturated heterocycles. The number of nitrogens with one attached hydrogen (secondary N) is 2. The number of amides is 1. The lowest BCUT2D eigenvalue weighted by Gasteiger charge is -2.21. The second-order valence-electron chi connectivity index (χ2n) is 7.42. The molecular weight excluding hydrogens is 373 g/mol. The lowest BCUT2D eigenvalue weighted by atomic mass is 10.0. The van der Waals surface area contributed by atoms with E-state index in [4.69, 9.17) is 11.5 Å². The molecule has 2 aromatic heterocycles. The summed E-state index contributed by atoms with van der Waals surface area (Å²) in [5.41, 5.74) is 12.8. The molecule has 3 rings (SSSR count). The number of nitrogens with two attached hydrogens (primary N) is 2. The maximum Gasteiger partial charge on any atom is 0.252 e. The van der Waals surface area contributed by atoms with Gasteiger partial charge in [0, 0.05) is 25.0 Å². The second kappa shape index (κ2) is 8.44. The molecule has 0 aliphatic heterocycles. The Morgan fingerprint density at radius 3 is 2.72 bits per heavy atom. The van der Waals surface area contributed by atoms with Gasteiger partial charge in [-0.25, -0.2) is 9.37 Å². The highest BCUT2D eigenvalue weighted by atomic mass is 19.1. The zero-order valence-corrected chi connectivity index (χ0v) is 16.7. The fourth-order valence-corrected chi connectivity index (χ4v) is 3.26. The monoisotopic (exact) mass is 399 g/mol. The molecule has 0 saturated carbocycles. The summed E-state index contributed by atoms with van der Waals surface area (Å²) in [7, 11) is 1.83. The summed E-state index contributed by atoms with van der Waals surface area (Å²) in [5.74, 6) is -0.873. The summed E-state index contributed by atoms with van der Waals surface area (Å²) in [4.78, 5) is 16.2. The number of nitrogens with zero attached hydrogens (tertiary/aromatic N) is 3. The number of hydrogen-bond acceptors (Lipinski definition) is 6. The van der Waals surface area contributed by atoms with Gasteiger partial charge in [-0.05, 0) is 30.5 Å². The van der Waals surface area contributed by atoms with Gasteiger partial charge in [0.1, 0.15) is 5.82 Å². The SMILES string of the molecule is CC(C)C[C@H](CN)Nc1nc(Nc2cccc3c2cnn3C)c(C(N)=O)cc1F. The summed E-state index contributed by atoms with van der Waals surface area (Å²) in [6.45, 7) is 4.45. The molecule has 1 amide bonds. The molecule has 6 N–H and O–H groups in total. The van der Waals surface area contributed by atoms with Crippen molar-refractivity contribution in [3.8, 4) is 0 Å². The van der Waals surface area contributed by atoms with E-state index in [1.165, 1.54) is 0 Å². The fourth-order valence-electron chi connectivity index (χ4n) is 3.26. The number of halogens is 1. The average Bonchev–Trinajstić information content (AvgIpc) is 3.05. The standard InChI is InChI=1S/C20H26FN7O/c1-11(2)7-12(9-22)25-20-15(21)8-13(18(23)29)19(27-20)26-16-5-4-6-17-14(16)10-24-28(17)3/h4-6,8,10-12H,7,9,22H2,1-3H3,(H2,23,29)(H2,25,26,27)/t12-/m1/s1. The Morgan fingerprint density at radius 1 is 1.31 bits per heavy atom. The zero-order chi connectivity index (χ0) is 21.1. The minimum atomic E-state index is -0.777. The van der Waals surface area contributed by atoms with Crippen molar-refractivity contribution in [1.82, 2.24) is 14.8 Å². The smallest absolute Gasteiger partial charge is 0.252 e. The molecule has 0 bridgehead atoms. The predicted molar refractivity (Wildman–Crippen MR) is 113 cm³/mol. The van der Waals surface area contributed by atoms with Crippen LogP contribution in [0.15, 0.2) is 30.5 Å². The van der Waals surface area contributed by atoms with Crippen LogP contribution in [0.1, 0.15) is 30.6 Å². The number of benzene rings is 1. The van der Waals surface area contributed by atoms with Crippen LogP contribution in [0.25, 0.3) is 10.9 Å². The molecule has 3 aromatic rings. The van der Waals surface area contributed by atoms with Crippen molar-refractivity contribution < 1.29 is 9.18 Å². The minimum absolute atomic E-state index is 0.0203. The molecule has 1 aromatic carbocycles. The van der Waals surface area contributed by atoms with Gasteiger partial charge in [0.05, 0.1) is 23.0 Å². The van der Waals surface area contributed by atoms with Crippen molar-refractivity contribution in [2.24, 2.45) is 24.4 Å². The Kier molecular flexibility index (Phi) is 5.97. The number of carbonyl (C=O) groups excluding carboxylic acids is 1. The van der Waals surface area contributed by atoms with E-state index in [1.54, 1.807) is 10.9 Å². The number of rotatable bonds is 8. The summed E-state index contributed by atoms with van der Waals surface area (Å²) >= 11 is 0. The lowest BCUT2D eigenvalue weighted by molar-refractivity contribution is 0.100. The highest BCUT2D eigenvalue weighted by Gasteiger charge is 2.19. The molecule has 0 unspecified atom stereocenters. The van der Waals surface area contributed by atoms with E-state index in [9.17, 15) is 9.18 Å². The predicted octanol–water partition coefficient (Wildman–Crippen LogP) is 2.74. The van der Waals surface area contributed by atoms with Gasteiger partial charge < -0.3 is 22.1 Å². The number of aryl methyl sites for hydroxylation is 1. The third-order valence-corrected chi connectivity index (χ3v) is 4.67. The molecule has 1 atom stereocenters. The number of anilines is 3. The van der Waals surface area contributed by atoms with Crippen molar-refractivity contribution in [3.05, 3.63) is 41.8 Å². The first-order valence-corrected chi connectivity index (χ1v) is 9.44. The fraction of sp³-hybridized carbons (Fsp3) is 0.350. The van der Waals surface area contributed by atoms with Crippen molar-refractivity contribution in [2.75, 3.05) is 17.2 Å². The first-order chi connectivity index (χ1) is 13.8. The van der Waals surface area contributed by atoms with E-state index in [-0.39, 0.29) is 23.2 Å². The van der Waals surface area contributed by atoms with Crippen molar-refractivity contribution in [3.63, 3.8) is 0 Å². The van der Waals surface area contributed by atoms with E-state index < -0.39 is 11.7 Å². The van der Waals surface area contributed by atoms with Crippen LogP contribution in [0, 0.1) is 11.7 Å². The molecule has 0 aliphatic carbocycles. The van der Waals surface area contributed by atoms with Gasteiger partial charge in [-0.15, -0.1) is 0 Å². The second-order valence-corrected chi connectivity index (χ2v) is 7.42. The molecule has 2 heterocycles. The van der Waals surface area contributed by atoms with Gasteiger partial charge >= 0.3 is 0 Å². The topological polar surface area (TPSA) is 124 Å². The Morgan fingerprint density at radius 2 is 2.07 bits per heavy atom. The third-order valence-electron chi connectivity index (χ3n) is 4.67. The Balaban J connectivity index is 2.01. The zero-order valence-electron chi connectivity index (χ0n) is 16.7. The van der Waals surface area contributed by atoms with Crippen LogP contribution in [0.5, 0.6) is 0 Å². The lowest BCUT2D eigenvalue weighted by Crippen LogP contribution is -2.31. The van der Waals surface area contributed by atoms with Crippen LogP contribution >= 0.6 is 0 Å². The van der Waals surface area contributed by atoms with E-state index in [1.807, 2.05) is 25.2 Å². The van der Waals surface area contributed by atoms with Crippen LogP contribution in [0.2, 0.25) is 0 Å². The molecule has 0 fully saturated rings. The Labute approximate surface area is 168 Å². The van der Waals surface area contributed by atoms with E-state index in [0.717, 1.165) is 23.4 Å². The third kappa shape index (κ3) is 4.45. The van der Waals surface area contributed by atoms with Gasteiger partial charge in [0.25, 0.3) is 5.91 Å². The highest BCUT2D eigenvalue weighted by Crippen LogP contribution is 2.29. The van der Waals surface area contributed by atoms with Gasteiger partial charge in [0.15, 0.2) is 11.6 Å². The molecular formula is C20H26FN7O. The van der Waals surface area contributed by atoms with Crippen LogP contribution in [-0.4, -0.2) is 33.3 Å². The number of primary amides is 1. The molecule has 9 heteroatoms. The maximum atomic E-state index is 14.6. The quantitative estimate of drug-likeness (QED) is 0.462. The van der Waals surface area contributed by atoms with Gasteiger partial charge in [0.2, 0.25) is 0 Å². The maximum absolute atomic E-state index is 14.6. The van der Waals surface area contributed by atoms with E-state index in [2.05, 4.69) is 34.6 Å². The molecule has 8 nitrogen and oxygen atoms in total. The van der Waals surface area contributed by atoms with Crippen molar-refractivity contribution in [2.45, 2.75) is 26.3 Å². The van der Waals surface area contributed by atoms with Crippen molar-refractivity contribution >= 4 is 34.1 Å². The number of hydrogen-bond donors (Lipinski definition) is 4. The van der Waals surface area contributed by atoms with Crippen LogP contribution in [0.4, 0.5) is 21.7 Å². The molecule has 29 heavy (non-hydrogen) atoms. The molecule has 0 aliphatic rings. The summed E-state index contributed by atoms with van der Waals surface area (Å²) in [6.07, 6.45) is 2.46. The number of carbonyl (C=O) groups is 1. The molecule has 154 valence electrons. The minimum Gasteiger partial charge on any atom is -0.365 e. The molecule has 0 radical (unpaired) electrons. The Hall–Kier alpha value is -3.20. The summed E-state index contributed by atoms with van der Waals surface area (Å²) in [5, 5.41) is 11.2. The first kappa shape index (κ1) is 20.5. The first-order valence-electron chi connectivity index (χ1n) is 9.44. The van der Waals surface area contributed by atoms with Crippen LogP contribution < -0.4 is 22.1 Å². The van der Waals surface area contributed by atoms with E-state index >= 15 is 0 Å². The van der Waals surface area contributed by atoms with Crippen molar-refractivity contribution in [1.29, 1.82) is 0 Å².